The van der Waals surface area contributed by atoms with E-state index in [2.05, 4.69) is 63.0 Å². The summed E-state index contributed by atoms with van der Waals surface area (Å²) in [5.74, 6) is 0.695. The number of halogens is 1. The molecule has 3 nitrogen and oxygen atoms in total. The molecule has 0 saturated carbocycles. The molecule has 1 N–H and O–H groups in total. The van der Waals surface area contributed by atoms with E-state index in [4.69, 9.17) is 0 Å². The zero-order valence-electron chi connectivity index (χ0n) is 10.8. The van der Waals surface area contributed by atoms with Gasteiger partial charge in [-0.05, 0) is 54.2 Å². The molecule has 0 bridgehead atoms. The summed E-state index contributed by atoms with van der Waals surface area (Å²) < 4.78 is 3.31. The highest BCUT2D eigenvalue weighted by atomic mass is 79.9. The molecule has 0 amide bonds. The molecule has 3 rings (SSSR count). The second-order valence-electron chi connectivity index (χ2n) is 5.87. The molecule has 1 unspecified atom stereocenters. The van der Waals surface area contributed by atoms with Gasteiger partial charge < -0.3 is 9.88 Å². The Balaban J connectivity index is 1.83. The maximum absolute atomic E-state index is 4.51. The first-order chi connectivity index (χ1) is 8.53. The molecule has 1 aliphatic heterocycles. The van der Waals surface area contributed by atoms with Crippen LogP contribution in [0.2, 0.25) is 0 Å². The van der Waals surface area contributed by atoms with Crippen LogP contribution in [-0.2, 0) is 6.54 Å². The van der Waals surface area contributed by atoms with Crippen LogP contribution in [0, 0.1) is 5.92 Å². The van der Waals surface area contributed by atoms with Crippen LogP contribution in [0.15, 0.2) is 29.0 Å². The fourth-order valence-electron chi connectivity index (χ4n) is 2.89. The Morgan fingerprint density at radius 2 is 2.39 bits per heavy atom. The van der Waals surface area contributed by atoms with Gasteiger partial charge in [-0.15, -0.1) is 0 Å². The Hall–Kier alpha value is -0.870. The molecule has 4 heteroatoms. The topological polar surface area (TPSA) is 29.9 Å². The normalized spacial score (nSPS) is 22.7. The van der Waals surface area contributed by atoms with Crippen LogP contribution in [0.5, 0.6) is 0 Å². The average molecular weight is 308 g/mol. The zero-order valence-corrected chi connectivity index (χ0v) is 12.4. The van der Waals surface area contributed by atoms with Gasteiger partial charge in [0.2, 0.25) is 0 Å². The van der Waals surface area contributed by atoms with Gasteiger partial charge in [0.05, 0.1) is 0 Å². The summed E-state index contributed by atoms with van der Waals surface area (Å²) in [6.45, 7) is 6.70. The van der Waals surface area contributed by atoms with Crippen molar-refractivity contribution in [3.05, 3.63) is 29.0 Å². The van der Waals surface area contributed by atoms with Crippen LogP contribution in [0.1, 0.15) is 20.3 Å². The summed E-state index contributed by atoms with van der Waals surface area (Å²) in [7, 11) is 0. The summed E-state index contributed by atoms with van der Waals surface area (Å²) in [6.07, 6.45) is 5.24. The molecule has 96 valence electrons. The average Bonchev–Trinajstić information content (AvgIpc) is 2.83. The van der Waals surface area contributed by atoms with Gasteiger partial charge >= 0.3 is 0 Å². The van der Waals surface area contributed by atoms with Gasteiger partial charge in [-0.2, -0.15) is 0 Å². The molecule has 3 heterocycles. The van der Waals surface area contributed by atoms with E-state index < -0.39 is 0 Å². The second kappa shape index (κ2) is 4.35. The van der Waals surface area contributed by atoms with Crippen LogP contribution in [0.3, 0.4) is 0 Å². The summed E-state index contributed by atoms with van der Waals surface area (Å²) in [4.78, 5) is 4.51. The molecule has 1 atom stereocenters. The van der Waals surface area contributed by atoms with Crippen molar-refractivity contribution in [2.75, 3.05) is 6.54 Å². The highest BCUT2D eigenvalue weighted by Gasteiger charge is 2.30. The summed E-state index contributed by atoms with van der Waals surface area (Å²) in [5, 5.41) is 4.78. The van der Waals surface area contributed by atoms with E-state index in [1.165, 1.54) is 11.8 Å². The molecule has 1 fully saturated rings. The third kappa shape index (κ3) is 2.31. The lowest BCUT2D eigenvalue weighted by Crippen LogP contribution is -2.31. The molecule has 0 aromatic carbocycles. The molecule has 2 aromatic rings. The summed E-state index contributed by atoms with van der Waals surface area (Å²) >= 11 is 3.46. The van der Waals surface area contributed by atoms with E-state index in [9.17, 15) is 0 Å². The van der Waals surface area contributed by atoms with Gasteiger partial charge in [0.25, 0.3) is 0 Å². The van der Waals surface area contributed by atoms with Crippen molar-refractivity contribution >= 4 is 27.0 Å². The Labute approximate surface area is 116 Å². The number of hydrogen-bond donors (Lipinski definition) is 1. The molecular weight excluding hydrogens is 290 g/mol. The highest BCUT2D eigenvalue weighted by Crippen LogP contribution is 2.26. The first-order valence-corrected chi connectivity index (χ1v) is 7.18. The van der Waals surface area contributed by atoms with Crippen molar-refractivity contribution in [3.63, 3.8) is 0 Å². The van der Waals surface area contributed by atoms with Crippen LogP contribution in [0.25, 0.3) is 11.0 Å². The highest BCUT2D eigenvalue weighted by molar-refractivity contribution is 9.10. The molecule has 18 heavy (non-hydrogen) atoms. The van der Waals surface area contributed by atoms with Crippen molar-refractivity contribution in [1.29, 1.82) is 0 Å². The van der Waals surface area contributed by atoms with Crippen molar-refractivity contribution in [1.82, 2.24) is 14.9 Å². The number of nitrogens with one attached hydrogen (secondary N) is 1. The number of aromatic nitrogens is 2. The van der Waals surface area contributed by atoms with Gasteiger partial charge in [0.1, 0.15) is 5.65 Å². The van der Waals surface area contributed by atoms with E-state index in [0.717, 1.165) is 23.2 Å². The largest absolute Gasteiger partial charge is 0.332 e. The zero-order chi connectivity index (χ0) is 12.8. The lowest BCUT2D eigenvalue weighted by molar-refractivity contribution is 0.421. The second-order valence-corrected chi connectivity index (χ2v) is 6.79. The lowest BCUT2D eigenvalue weighted by atomic mass is 9.97. The number of nitrogens with zero attached hydrogens (tertiary/aromatic N) is 2. The van der Waals surface area contributed by atoms with Crippen molar-refractivity contribution in [2.24, 2.45) is 5.92 Å². The minimum Gasteiger partial charge on any atom is -0.332 e. The van der Waals surface area contributed by atoms with Crippen LogP contribution < -0.4 is 5.32 Å². The fraction of sp³-hybridized carbons (Fsp3) is 0.500. The van der Waals surface area contributed by atoms with Crippen molar-refractivity contribution in [3.8, 4) is 0 Å². The summed E-state index contributed by atoms with van der Waals surface area (Å²) in [6, 6.07) is 4.26. The van der Waals surface area contributed by atoms with E-state index in [0.29, 0.717) is 5.92 Å². The van der Waals surface area contributed by atoms with Crippen molar-refractivity contribution < 1.29 is 0 Å². The fourth-order valence-corrected chi connectivity index (χ4v) is 3.24. The lowest BCUT2D eigenvalue weighted by Gasteiger charge is -2.17. The molecule has 0 spiro atoms. The first kappa shape index (κ1) is 12.2. The Kier molecular flexibility index (Phi) is 2.94. The molecule has 2 aromatic heterocycles. The minimum atomic E-state index is 0.282. The quantitative estimate of drug-likeness (QED) is 0.923. The third-order valence-electron chi connectivity index (χ3n) is 3.69. The van der Waals surface area contributed by atoms with Crippen LogP contribution >= 0.6 is 15.9 Å². The number of hydrogen-bond acceptors (Lipinski definition) is 2. The van der Waals surface area contributed by atoms with Gasteiger partial charge in [0, 0.05) is 40.9 Å². The monoisotopic (exact) mass is 307 g/mol. The first-order valence-electron chi connectivity index (χ1n) is 6.39. The Morgan fingerprint density at radius 3 is 3.11 bits per heavy atom. The SMILES string of the molecule is CC1(C)CC(Cn2ccc3cc(Br)cnc32)CN1. The number of fused-ring (bicyclic) bond motifs is 1. The molecule has 1 saturated heterocycles. The van der Waals surface area contributed by atoms with Crippen LogP contribution in [0.4, 0.5) is 0 Å². The maximum atomic E-state index is 4.51. The minimum absolute atomic E-state index is 0.282. The van der Waals surface area contributed by atoms with E-state index >= 15 is 0 Å². The predicted octanol–water partition coefficient (Wildman–Crippen LogP) is 3.19. The van der Waals surface area contributed by atoms with Gasteiger partial charge in [-0.25, -0.2) is 4.98 Å². The van der Waals surface area contributed by atoms with E-state index in [1.54, 1.807) is 0 Å². The number of rotatable bonds is 2. The van der Waals surface area contributed by atoms with E-state index in [1.807, 2.05) is 6.20 Å². The predicted molar refractivity (Wildman–Crippen MR) is 77.6 cm³/mol. The molecular formula is C14H18BrN3. The van der Waals surface area contributed by atoms with Gasteiger partial charge in [0.15, 0.2) is 0 Å². The van der Waals surface area contributed by atoms with Gasteiger partial charge in [-0.1, -0.05) is 0 Å². The smallest absolute Gasteiger partial charge is 0.139 e. The van der Waals surface area contributed by atoms with E-state index in [-0.39, 0.29) is 5.54 Å². The third-order valence-corrected chi connectivity index (χ3v) is 4.12. The molecule has 1 aliphatic rings. The standard InChI is InChI=1S/C14H18BrN3/c1-14(2)6-10(7-17-14)9-18-4-3-11-5-12(15)8-16-13(11)18/h3-5,8,10,17H,6-7,9H2,1-2H3. The van der Waals surface area contributed by atoms with Crippen molar-refractivity contribution in [2.45, 2.75) is 32.4 Å². The molecule has 0 aliphatic carbocycles. The molecule has 0 radical (unpaired) electrons. The Bertz CT molecular complexity index is 573. The number of pyridine rings is 1. The van der Waals surface area contributed by atoms with Gasteiger partial charge in [-0.3, -0.25) is 0 Å². The summed E-state index contributed by atoms with van der Waals surface area (Å²) in [5.41, 5.74) is 1.37. The Morgan fingerprint density at radius 1 is 1.56 bits per heavy atom. The van der Waals surface area contributed by atoms with Crippen LogP contribution in [-0.4, -0.2) is 21.6 Å². The maximum Gasteiger partial charge on any atom is 0.139 e.